The summed E-state index contributed by atoms with van der Waals surface area (Å²) < 4.78 is 0. The van der Waals surface area contributed by atoms with E-state index in [4.69, 9.17) is 0 Å². The molecule has 1 amide bonds. The molecule has 1 heterocycles. The first-order chi connectivity index (χ1) is 13.7. The highest BCUT2D eigenvalue weighted by atomic mass is 16.2. The van der Waals surface area contributed by atoms with E-state index in [1.807, 2.05) is 66.4 Å². The van der Waals surface area contributed by atoms with Gasteiger partial charge in [-0.05, 0) is 30.0 Å². The van der Waals surface area contributed by atoms with E-state index in [0.29, 0.717) is 13.0 Å². The SMILES string of the molecule is CC1(Cc2ccccc2)NCCN(C(c2ccccc2)c2ccccc2)C1=O. The van der Waals surface area contributed by atoms with E-state index in [9.17, 15) is 4.79 Å². The minimum Gasteiger partial charge on any atom is -0.329 e. The van der Waals surface area contributed by atoms with Crippen LogP contribution in [0.25, 0.3) is 0 Å². The summed E-state index contributed by atoms with van der Waals surface area (Å²) in [5, 5.41) is 3.49. The highest BCUT2D eigenvalue weighted by Crippen LogP contribution is 2.32. The van der Waals surface area contributed by atoms with Crippen molar-refractivity contribution in [3.63, 3.8) is 0 Å². The van der Waals surface area contributed by atoms with Crippen molar-refractivity contribution in [1.29, 1.82) is 0 Å². The van der Waals surface area contributed by atoms with Gasteiger partial charge in [0.25, 0.3) is 0 Å². The number of piperazine rings is 1. The Labute approximate surface area is 167 Å². The summed E-state index contributed by atoms with van der Waals surface area (Å²) in [6, 6.07) is 30.8. The maximum absolute atomic E-state index is 13.7. The van der Waals surface area contributed by atoms with Crippen LogP contribution in [0.1, 0.15) is 29.7 Å². The molecule has 0 spiro atoms. The zero-order valence-corrected chi connectivity index (χ0v) is 16.2. The number of hydrogen-bond acceptors (Lipinski definition) is 2. The molecule has 3 aromatic rings. The van der Waals surface area contributed by atoms with Crippen molar-refractivity contribution in [3.05, 3.63) is 108 Å². The summed E-state index contributed by atoms with van der Waals surface area (Å²) in [5.41, 5.74) is 2.85. The van der Waals surface area contributed by atoms with Crippen LogP contribution in [0.3, 0.4) is 0 Å². The first-order valence-electron chi connectivity index (χ1n) is 9.87. The van der Waals surface area contributed by atoms with E-state index in [1.54, 1.807) is 0 Å². The van der Waals surface area contributed by atoms with Crippen molar-refractivity contribution in [2.24, 2.45) is 0 Å². The van der Waals surface area contributed by atoms with E-state index in [1.165, 1.54) is 5.56 Å². The second-order valence-electron chi connectivity index (χ2n) is 7.64. The number of hydrogen-bond donors (Lipinski definition) is 1. The monoisotopic (exact) mass is 370 g/mol. The number of rotatable bonds is 5. The molecule has 1 fully saturated rings. The third-order valence-corrected chi connectivity index (χ3v) is 5.54. The smallest absolute Gasteiger partial charge is 0.243 e. The average Bonchev–Trinajstić information content (AvgIpc) is 2.74. The van der Waals surface area contributed by atoms with Crippen molar-refractivity contribution < 1.29 is 4.79 Å². The summed E-state index contributed by atoms with van der Waals surface area (Å²) >= 11 is 0. The van der Waals surface area contributed by atoms with Gasteiger partial charge in [-0.25, -0.2) is 0 Å². The lowest BCUT2D eigenvalue weighted by Gasteiger charge is -2.44. The fraction of sp³-hybridized carbons (Fsp3) is 0.240. The van der Waals surface area contributed by atoms with Gasteiger partial charge in [0.15, 0.2) is 0 Å². The van der Waals surface area contributed by atoms with Crippen LogP contribution in [-0.4, -0.2) is 29.4 Å². The molecule has 0 radical (unpaired) electrons. The molecule has 1 aliphatic heterocycles. The quantitative estimate of drug-likeness (QED) is 0.730. The van der Waals surface area contributed by atoms with Crippen LogP contribution in [0.4, 0.5) is 0 Å². The van der Waals surface area contributed by atoms with Gasteiger partial charge >= 0.3 is 0 Å². The molecule has 0 saturated carbocycles. The van der Waals surface area contributed by atoms with Gasteiger partial charge in [-0.2, -0.15) is 0 Å². The number of carbonyl (C=O) groups is 1. The van der Waals surface area contributed by atoms with Crippen molar-refractivity contribution >= 4 is 5.91 Å². The zero-order chi connectivity index (χ0) is 19.4. The number of nitrogens with one attached hydrogen (secondary N) is 1. The third-order valence-electron chi connectivity index (χ3n) is 5.54. The summed E-state index contributed by atoms with van der Waals surface area (Å²) in [5.74, 6) is 0.153. The third kappa shape index (κ3) is 3.71. The lowest BCUT2D eigenvalue weighted by Crippen LogP contribution is -2.64. The van der Waals surface area contributed by atoms with Crippen LogP contribution < -0.4 is 5.32 Å². The Kier molecular flexibility index (Phi) is 5.27. The molecule has 142 valence electrons. The lowest BCUT2D eigenvalue weighted by molar-refractivity contribution is -0.142. The molecule has 3 nitrogen and oxygen atoms in total. The fourth-order valence-corrected chi connectivity index (χ4v) is 4.16. The molecule has 1 saturated heterocycles. The number of amides is 1. The number of carbonyl (C=O) groups excluding carboxylic acids is 1. The molecule has 3 aromatic carbocycles. The summed E-state index contributed by atoms with van der Waals surface area (Å²) in [7, 11) is 0. The Morgan fingerprint density at radius 2 is 1.36 bits per heavy atom. The van der Waals surface area contributed by atoms with Gasteiger partial charge < -0.3 is 10.2 Å². The molecular formula is C25H26N2O. The maximum atomic E-state index is 13.7. The van der Waals surface area contributed by atoms with Crippen molar-refractivity contribution in [1.82, 2.24) is 10.2 Å². The molecule has 1 N–H and O–H groups in total. The van der Waals surface area contributed by atoms with Gasteiger partial charge in [0.1, 0.15) is 0 Å². The van der Waals surface area contributed by atoms with Crippen LogP contribution in [0.5, 0.6) is 0 Å². The van der Waals surface area contributed by atoms with Gasteiger partial charge in [0, 0.05) is 13.1 Å². The number of benzene rings is 3. The Morgan fingerprint density at radius 1 is 0.857 bits per heavy atom. The summed E-state index contributed by atoms with van der Waals surface area (Å²) in [6.45, 7) is 3.50. The van der Waals surface area contributed by atoms with E-state index in [0.717, 1.165) is 17.7 Å². The Bertz CT molecular complexity index is 872. The predicted molar refractivity (Wildman–Crippen MR) is 113 cm³/mol. The molecule has 4 rings (SSSR count). The minimum absolute atomic E-state index is 0.0768. The number of nitrogens with zero attached hydrogens (tertiary/aromatic N) is 1. The molecule has 1 aliphatic rings. The van der Waals surface area contributed by atoms with Gasteiger partial charge in [0.05, 0.1) is 11.6 Å². The highest BCUT2D eigenvalue weighted by molar-refractivity contribution is 5.88. The van der Waals surface area contributed by atoms with Crippen LogP contribution in [0.2, 0.25) is 0 Å². The second kappa shape index (κ2) is 7.99. The minimum atomic E-state index is -0.610. The molecule has 1 unspecified atom stereocenters. The molecule has 28 heavy (non-hydrogen) atoms. The predicted octanol–water partition coefficient (Wildman–Crippen LogP) is 4.21. The summed E-state index contributed by atoms with van der Waals surface area (Å²) in [6.07, 6.45) is 0.680. The van der Waals surface area contributed by atoms with Crippen molar-refractivity contribution in [2.75, 3.05) is 13.1 Å². The summed E-state index contributed by atoms with van der Waals surface area (Å²) in [4.78, 5) is 15.7. The second-order valence-corrected chi connectivity index (χ2v) is 7.64. The van der Waals surface area contributed by atoms with Crippen LogP contribution >= 0.6 is 0 Å². The molecule has 3 heteroatoms. The largest absolute Gasteiger partial charge is 0.329 e. The van der Waals surface area contributed by atoms with Crippen molar-refractivity contribution in [2.45, 2.75) is 24.9 Å². The van der Waals surface area contributed by atoms with Crippen molar-refractivity contribution in [3.8, 4) is 0 Å². The standard InChI is InChI=1S/C25H26N2O/c1-25(19-20-11-5-2-6-12-20)24(28)27(18-17-26-25)23(21-13-7-3-8-14-21)22-15-9-4-10-16-22/h2-16,23,26H,17-19H2,1H3. The Balaban J connectivity index is 1.69. The first kappa shape index (κ1) is 18.5. The van der Waals surface area contributed by atoms with E-state index < -0.39 is 5.54 Å². The van der Waals surface area contributed by atoms with Crippen LogP contribution in [0, 0.1) is 0 Å². The van der Waals surface area contributed by atoms with Gasteiger partial charge in [-0.3, -0.25) is 4.79 Å². The Hall–Kier alpha value is -2.91. The van der Waals surface area contributed by atoms with E-state index >= 15 is 0 Å². The van der Waals surface area contributed by atoms with E-state index in [-0.39, 0.29) is 11.9 Å². The topological polar surface area (TPSA) is 32.3 Å². The normalized spacial score (nSPS) is 19.8. The molecule has 1 atom stereocenters. The molecule has 0 bridgehead atoms. The molecule has 0 aliphatic carbocycles. The van der Waals surface area contributed by atoms with Crippen LogP contribution in [0.15, 0.2) is 91.0 Å². The lowest BCUT2D eigenvalue weighted by atomic mass is 9.87. The first-order valence-corrected chi connectivity index (χ1v) is 9.87. The highest BCUT2D eigenvalue weighted by Gasteiger charge is 2.42. The zero-order valence-electron chi connectivity index (χ0n) is 16.2. The Morgan fingerprint density at radius 3 is 1.89 bits per heavy atom. The molecule has 0 aromatic heterocycles. The van der Waals surface area contributed by atoms with E-state index in [2.05, 4.69) is 41.7 Å². The van der Waals surface area contributed by atoms with Gasteiger partial charge in [0.2, 0.25) is 5.91 Å². The van der Waals surface area contributed by atoms with Gasteiger partial charge in [-0.1, -0.05) is 91.0 Å². The average molecular weight is 370 g/mol. The molecular weight excluding hydrogens is 344 g/mol. The maximum Gasteiger partial charge on any atom is 0.243 e. The van der Waals surface area contributed by atoms with Gasteiger partial charge in [-0.15, -0.1) is 0 Å². The fourth-order valence-electron chi connectivity index (χ4n) is 4.16. The van der Waals surface area contributed by atoms with Crippen LogP contribution in [-0.2, 0) is 11.2 Å².